The van der Waals surface area contributed by atoms with Crippen LogP contribution in [-0.2, 0) is 19.3 Å². The summed E-state index contributed by atoms with van der Waals surface area (Å²) in [5.74, 6) is -0.352. The van der Waals surface area contributed by atoms with Crippen LogP contribution in [0.3, 0.4) is 0 Å². The first-order valence-corrected chi connectivity index (χ1v) is 8.82. The fraction of sp³-hybridized carbons (Fsp3) is 0.462. The molecule has 2 rings (SSSR count). The van der Waals surface area contributed by atoms with Gasteiger partial charge in [-0.3, -0.25) is 4.79 Å². The van der Waals surface area contributed by atoms with E-state index < -0.39 is 9.73 Å². The molecule has 1 aliphatic rings. The van der Waals surface area contributed by atoms with E-state index in [4.69, 9.17) is 4.74 Å². The summed E-state index contributed by atoms with van der Waals surface area (Å²) in [7, 11) is -2.71. The highest BCUT2D eigenvalue weighted by molar-refractivity contribution is 9.10. The number of hydrogen-bond donors (Lipinski definition) is 0. The molecule has 1 fully saturated rings. The van der Waals surface area contributed by atoms with Crippen molar-refractivity contribution in [3.63, 3.8) is 0 Å². The van der Waals surface area contributed by atoms with E-state index >= 15 is 0 Å². The molecule has 0 saturated carbocycles. The van der Waals surface area contributed by atoms with E-state index in [1.165, 1.54) is 6.26 Å². The van der Waals surface area contributed by atoms with Crippen molar-refractivity contribution in [2.75, 3.05) is 12.9 Å². The van der Waals surface area contributed by atoms with Gasteiger partial charge in [-0.1, -0.05) is 12.1 Å². The van der Waals surface area contributed by atoms with Crippen molar-refractivity contribution in [2.45, 2.75) is 30.3 Å². The van der Waals surface area contributed by atoms with E-state index in [0.717, 1.165) is 12.8 Å². The topological polar surface area (TPSA) is 55.7 Å². The average Bonchev–Trinajstić information content (AvgIpc) is 2.81. The number of benzene rings is 1. The fourth-order valence-corrected chi connectivity index (χ4v) is 4.54. The summed E-state index contributed by atoms with van der Waals surface area (Å²) in [6, 6.07) is 7.12. The third-order valence-corrected chi connectivity index (χ3v) is 5.63. The molecular weight excluding hydrogens is 330 g/mol. The second-order valence-electron chi connectivity index (χ2n) is 4.56. The lowest BCUT2D eigenvalue weighted by atomic mass is 10.2. The molecule has 2 atom stereocenters. The van der Waals surface area contributed by atoms with Crippen LogP contribution in [0.15, 0.2) is 38.0 Å². The Balaban J connectivity index is 2.18. The van der Waals surface area contributed by atoms with Crippen LogP contribution in [0.5, 0.6) is 0 Å². The number of amides is 1. The molecule has 0 spiro atoms. The van der Waals surface area contributed by atoms with Gasteiger partial charge in [-0.15, -0.1) is 0 Å². The Morgan fingerprint density at radius 3 is 2.89 bits per heavy atom. The van der Waals surface area contributed by atoms with Gasteiger partial charge in [0.25, 0.3) is 5.91 Å². The zero-order valence-corrected chi connectivity index (χ0v) is 13.1. The minimum absolute atomic E-state index is 0.0642. The predicted molar refractivity (Wildman–Crippen MR) is 77.5 cm³/mol. The van der Waals surface area contributed by atoms with E-state index in [-0.39, 0.29) is 18.4 Å². The number of hydrogen-bond acceptors (Lipinski definition) is 3. The average molecular weight is 346 g/mol. The maximum Gasteiger partial charge on any atom is 0.256 e. The maximum absolute atomic E-state index is 12.5. The number of carbonyl (C=O) groups excluding carboxylic acids is 1. The first kappa shape index (κ1) is 14.7. The zero-order valence-electron chi connectivity index (χ0n) is 10.7. The first-order chi connectivity index (χ1) is 8.99. The first-order valence-electron chi connectivity index (χ1n) is 6.10. The van der Waals surface area contributed by atoms with E-state index in [0.29, 0.717) is 16.0 Å². The van der Waals surface area contributed by atoms with Gasteiger partial charge in [0.15, 0.2) is 0 Å². The molecule has 1 aliphatic heterocycles. The largest absolute Gasteiger partial charge is 0.378 e. The molecule has 6 heteroatoms. The summed E-state index contributed by atoms with van der Waals surface area (Å²) < 4.78 is 22.5. The molecule has 0 aromatic heterocycles. The third-order valence-electron chi connectivity index (χ3n) is 2.95. The molecule has 0 N–H and O–H groups in total. The summed E-state index contributed by atoms with van der Waals surface area (Å²) in [5, 5.41) is 0. The predicted octanol–water partition coefficient (Wildman–Crippen LogP) is 3.00. The van der Waals surface area contributed by atoms with Gasteiger partial charge in [-0.25, -0.2) is 4.21 Å². The summed E-state index contributed by atoms with van der Waals surface area (Å²) in [6.07, 6.45) is 3.49. The van der Waals surface area contributed by atoms with E-state index in [1.807, 2.05) is 6.07 Å². The quantitative estimate of drug-likeness (QED) is 0.845. The SMILES string of the molecule is CS(=O)(=NC(=O)CC1CCCO1)c1ccccc1Br. The summed E-state index contributed by atoms with van der Waals surface area (Å²) in [5.41, 5.74) is 0. The highest BCUT2D eigenvalue weighted by Gasteiger charge is 2.20. The van der Waals surface area contributed by atoms with Gasteiger partial charge >= 0.3 is 0 Å². The molecule has 1 aromatic rings. The van der Waals surface area contributed by atoms with Crippen molar-refractivity contribution in [1.82, 2.24) is 0 Å². The van der Waals surface area contributed by atoms with Crippen molar-refractivity contribution in [3.05, 3.63) is 28.7 Å². The Morgan fingerprint density at radius 1 is 1.53 bits per heavy atom. The Kier molecular flexibility index (Phi) is 4.76. The molecule has 1 saturated heterocycles. The number of rotatable bonds is 3. The van der Waals surface area contributed by atoms with E-state index in [1.54, 1.807) is 18.2 Å². The Hall–Kier alpha value is -0.720. The smallest absolute Gasteiger partial charge is 0.256 e. The third kappa shape index (κ3) is 3.87. The Bertz CT molecular complexity index is 587. The summed E-state index contributed by atoms with van der Waals surface area (Å²) >= 11 is 3.34. The van der Waals surface area contributed by atoms with Crippen LogP contribution in [0, 0.1) is 0 Å². The minimum Gasteiger partial charge on any atom is -0.378 e. The summed E-state index contributed by atoms with van der Waals surface area (Å²) in [6.45, 7) is 0.698. The maximum atomic E-state index is 12.5. The van der Waals surface area contributed by atoms with Crippen molar-refractivity contribution in [3.8, 4) is 0 Å². The van der Waals surface area contributed by atoms with Crippen LogP contribution in [0.2, 0.25) is 0 Å². The number of nitrogens with zero attached hydrogens (tertiary/aromatic N) is 1. The molecule has 4 nitrogen and oxygen atoms in total. The van der Waals surface area contributed by atoms with Gasteiger partial charge < -0.3 is 4.74 Å². The number of ether oxygens (including phenoxy) is 1. The second kappa shape index (κ2) is 6.15. The van der Waals surface area contributed by atoms with Gasteiger partial charge in [0.2, 0.25) is 0 Å². The zero-order chi connectivity index (χ0) is 13.9. The van der Waals surface area contributed by atoms with Gasteiger partial charge in [0.05, 0.1) is 27.1 Å². The van der Waals surface area contributed by atoms with Crippen molar-refractivity contribution in [2.24, 2.45) is 4.36 Å². The summed E-state index contributed by atoms with van der Waals surface area (Å²) in [4.78, 5) is 12.4. The normalized spacial score (nSPS) is 21.9. The molecule has 19 heavy (non-hydrogen) atoms. The molecule has 1 heterocycles. The van der Waals surface area contributed by atoms with Gasteiger partial charge in [-0.2, -0.15) is 4.36 Å². The van der Waals surface area contributed by atoms with Crippen molar-refractivity contribution >= 4 is 31.6 Å². The van der Waals surface area contributed by atoms with Crippen LogP contribution in [-0.4, -0.2) is 29.1 Å². The fourth-order valence-electron chi connectivity index (χ4n) is 2.03. The van der Waals surface area contributed by atoms with Gasteiger partial charge in [-0.05, 0) is 40.9 Å². The Morgan fingerprint density at radius 2 is 2.26 bits per heavy atom. The molecule has 0 aliphatic carbocycles. The van der Waals surface area contributed by atoms with Gasteiger partial charge in [0.1, 0.15) is 0 Å². The van der Waals surface area contributed by atoms with Crippen LogP contribution in [0.25, 0.3) is 0 Å². The number of carbonyl (C=O) groups is 1. The lowest BCUT2D eigenvalue weighted by Crippen LogP contribution is -2.12. The lowest BCUT2D eigenvalue weighted by Gasteiger charge is -2.08. The van der Waals surface area contributed by atoms with Crippen molar-refractivity contribution in [1.29, 1.82) is 0 Å². The monoisotopic (exact) mass is 345 g/mol. The minimum atomic E-state index is -2.71. The molecule has 0 bridgehead atoms. The lowest BCUT2D eigenvalue weighted by molar-refractivity contribution is -0.119. The second-order valence-corrected chi connectivity index (χ2v) is 7.64. The number of halogens is 1. The molecule has 0 radical (unpaired) electrons. The van der Waals surface area contributed by atoms with E-state index in [2.05, 4.69) is 20.3 Å². The highest BCUT2D eigenvalue weighted by atomic mass is 79.9. The molecule has 2 unspecified atom stereocenters. The van der Waals surface area contributed by atoms with Crippen LogP contribution < -0.4 is 0 Å². The molecule has 1 aromatic carbocycles. The standard InChI is InChI=1S/C13H16BrNO3S/c1-19(17,12-7-3-2-6-11(12)14)15-13(16)9-10-5-4-8-18-10/h2-3,6-7,10H,4-5,8-9H2,1H3. The highest BCUT2D eigenvalue weighted by Crippen LogP contribution is 2.23. The van der Waals surface area contributed by atoms with Gasteiger partial charge in [0, 0.05) is 17.3 Å². The molecule has 1 amide bonds. The Labute approximate surface area is 121 Å². The molecular formula is C13H16BrNO3S. The van der Waals surface area contributed by atoms with Crippen LogP contribution in [0.1, 0.15) is 19.3 Å². The van der Waals surface area contributed by atoms with E-state index in [9.17, 15) is 9.00 Å². The van der Waals surface area contributed by atoms with Crippen molar-refractivity contribution < 1.29 is 13.7 Å². The van der Waals surface area contributed by atoms with Crippen LogP contribution >= 0.6 is 15.9 Å². The molecule has 104 valence electrons. The van der Waals surface area contributed by atoms with Crippen LogP contribution in [0.4, 0.5) is 0 Å².